The zero-order valence-corrected chi connectivity index (χ0v) is 67.4. The number of aliphatic hydroxyl groups is 3. The Morgan fingerprint density at radius 3 is 0.951 bits per heavy atom. The Morgan fingerprint density at radius 2 is 0.664 bits per heavy atom. The monoisotopic (exact) mass is 1650 g/mol. The highest BCUT2D eigenvalue weighted by Gasteiger charge is 2.13. The van der Waals surface area contributed by atoms with E-state index in [9.17, 15) is 33.6 Å². The number of terminal acetylenes is 1. The van der Waals surface area contributed by atoms with Crippen LogP contribution in [0.4, 0.5) is 0 Å². The van der Waals surface area contributed by atoms with Crippen molar-refractivity contribution in [1.29, 1.82) is 0 Å². The molecule has 13 aromatic rings. The summed E-state index contributed by atoms with van der Waals surface area (Å²) in [5, 5.41) is 26.0. The molecule has 8 aromatic heterocycles. The van der Waals surface area contributed by atoms with Gasteiger partial charge in [0.05, 0.1) is 0 Å². The van der Waals surface area contributed by atoms with Crippen LogP contribution in [0.15, 0.2) is 334 Å². The van der Waals surface area contributed by atoms with Crippen LogP contribution >= 0.6 is 0 Å². The third-order valence-corrected chi connectivity index (χ3v) is 14.8. The fraction of sp³-hybridized carbons (Fsp3) is 0.133. The number of hydrogen-bond acceptors (Lipinski definition) is 24. The average molecular weight is 1650 g/mol. The molecule has 5 aromatic carbocycles. The normalized spacial score (nSPS) is 9.89. The number of carbonyl (C=O) groups is 7. The van der Waals surface area contributed by atoms with Crippen molar-refractivity contribution in [3.8, 4) is 64.8 Å². The van der Waals surface area contributed by atoms with E-state index in [1.54, 1.807) is 116 Å². The summed E-state index contributed by atoms with van der Waals surface area (Å²) in [4.78, 5) is 76.3. The topological polar surface area (TPSA) is 341 Å². The van der Waals surface area contributed by atoms with Crippen molar-refractivity contribution in [2.45, 2.75) is 80.6 Å². The lowest BCUT2D eigenvalue weighted by Crippen LogP contribution is -1.94. The maximum absolute atomic E-state index is 11.2. The molecule has 624 valence electrons. The lowest BCUT2D eigenvalue weighted by Gasteiger charge is -2.02. The zero-order chi connectivity index (χ0) is 88.1. The van der Waals surface area contributed by atoms with Crippen LogP contribution in [-0.4, -0.2) is 62.9 Å². The first-order chi connectivity index (χ1) is 59.0. The zero-order valence-electron chi connectivity index (χ0n) is 67.4. The second kappa shape index (κ2) is 54.1. The fourth-order valence-corrected chi connectivity index (χ4v) is 9.03. The van der Waals surface area contributed by atoms with Crippen molar-refractivity contribution < 1.29 is 113 Å². The predicted molar refractivity (Wildman–Crippen MR) is 454 cm³/mol. The molecule has 0 spiro atoms. The second-order valence-electron chi connectivity index (χ2n) is 24.5. The number of hydrogen-bond donors (Lipinski definition) is 3. The van der Waals surface area contributed by atoms with Crippen molar-refractivity contribution in [1.82, 2.24) is 0 Å². The van der Waals surface area contributed by atoms with Gasteiger partial charge in [0.2, 0.25) is 23.1 Å². The molecule has 0 atom stereocenters. The standard InChI is InChI=1S/2C15H12O3.2C14H12O3.C14H10O3.2C9H10O3.C8H10O3/c2*1-12(16)7-8-14-9-10-15(18-14)11-17-13-5-3-2-4-6-13;3*1-2-13(15)14-9-8-12(17-14)10-16-11-6-4-3-5-7-11;2*1-7(11)2-3-8-4-5-9(6-10)12-8;1-6(9)8-4-3-7(11-8)5-10-2/h2*2-6,9-10H,11H2,1H3;2*2-9H,1,10H2;1,3-9H,10H2;2-5,10H,6H2,1H3;2-5,10-11H,1,6H2;3-4H,5H2,1-2H3/b;;;;;2*3-2+;. The summed E-state index contributed by atoms with van der Waals surface area (Å²) in [5.41, 5.74) is 0. The Labute approximate surface area is 704 Å². The Balaban J connectivity index is 0.000000217. The summed E-state index contributed by atoms with van der Waals surface area (Å²) >= 11 is 0. The lowest BCUT2D eigenvalue weighted by atomic mass is 10.3. The van der Waals surface area contributed by atoms with E-state index in [1.807, 2.05) is 158 Å². The fourth-order valence-electron chi connectivity index (χ4n) is 9.03. The molecule has 24 nitrogen and oxygen atoms in total. The largest absolute Gasteiger partial charge is 0.509 e. The van der Waals surface area contributed by atoms with Crippen LogP contribution in [0.3, 0.4) is 0 Å². The first kappa shape index (κ1) is 94.9. The number of methoxy groups -OCH3 is 1. The third kappa shape index (κ3) is 38.2. The number of ether oxygens (including phenoxy) is 6. The van der Waals surface area contributed by atoms with Crippen LogP contribution in [0.1, 0.15) is 139 Å². The molecule has 24 heteroatoms. The number of benzene rings is 5. The van der Waals surface area contributed by atoms with Gasteiger partial charge in [-0.2, -0.15) is 0 Å². The summed E-state index contributed by atoms with van der Waals surface area (Å²) in [6.45, 7) is 17.5. The van der Waals surface area contributed by atoms with Crippen molar-refractivity contribution in [2.75, 3.05) is 7.11 Å². The number of allylic oxidation sites excluding steroid dienone is 4. The third-order valence-electron chi connectivity index (χ3n) is 14.8. The van der Waals surface area contributed by atoms with Gasteiger partial charge in [-0.25, -0.2) is 0 Å². The highest BCUT2D eigenvalue weighted by Crippen LogP contribution is 2.21. The van der Waals surface area contributed by atoms with Gasteiger partial charge in [0.25, 0.3) is 5.78 Å². The average Bonchev–Trinajstić information content (AvgIpc) is 1.76. The van der Waals surface area contributed by atoms with E-state index in [4.69, 9.17) is 85.5 Å². The lowest BCUT2D eigenvalue weighted by molar-refractivity contribution is -0.113. The quantitative estimate of drug-likeness (QED) is 0.00979. The first-order valence-electron chi connectivity index (χ1n) is 37.0. The highest BCUT2D eigenvalue weighted by molar-refractivity contribution is 6.06. The Kier molecular flexibility index (Phi) is 42.1. The molecule has 0 aliphatic heterocycles. The summed E-state index contributed by atoms with van der Waals surface area (Å²) in [6, 6.07) is 74.2. The number of Topliss-reactive ketones (excluding diaryl/α,β-unsaturated/α-hetero) is 4. The predicted octanol–water partition coefficient (Wildman–Crippen LogP) is 19.6. The van der Waals surface area contributed by atoms with Gasteiger partial charge in [-0.1, -0.05) is 111 Å². The van der Waals surface area contributed by atoms with Gasteiger partial charge in [0.1, 0.15) is 145 Å². The van der Waals surface area contributed by atoms with Crippen molar-refractivity contribution in [3.05, 3.63) is 391 Å². The smallest absolute Gasteiger partial charge is 0.270 e. The molecular formula is C98H88O24. The molecular weight excluding hydrogens is 1560 g/mol. The maximum atomic E-state index is 11.2. The molecule has 0 saturated heterocycles. The summed E-state index contributed by atoms with van der Waals surface area (Å²) in [5.74, 6) is 22.6. The molecule has 0 unspecified atom stereocenters. The molecule has 0 bridgehead atoms. The molecule has 8 heterocycles. The number of furan rings is 8. The van der Waals surface area contributed by atoms with E-state index < -0.39 is 5.78 Å². The van der Waals surface area contributed by atoms with Crippen molar-refractivity contribution in [3.63, 3.8) is 0 Å². The van der Waals surface area contributed by atoms with Crippen LogP contribution < -0.4 is 23.7 Å². The highest BCUT2D eigenvalue weighted by atomic mass is 16.5. The molecule has 0 radical (unpaired) electrons. The summed E-state index contributed by atoms with van der Waals surface area (Å²) in [6.07, 6.45) is 13.4. The SMILES string of the molecule is C#CC(=O)c1ccc(COc2ccccc2)o1.C=C(O)/C=C/c1ccc(CO)o1.C=CC(=O)c1ccc(COc2ccccc2)o1.C=CC(=O)c1ccc(COc2ccccc2)o1.CC(=O)/C=C/c1ccc(CO)o1.CC(=O)C#Cc1ccc(COc2ccccc2)o1.CC(=O)C#Cc1ccc(COc2ccccc2)o1.COCc1ccc(C(C)=O)o1. The van der Waals surface area contributed by atoms with Gasteiger partial charge < -0.3 is 79.1 Å². The molecule has 0 fully saturated rings. The minimum absolute atomic E-state index is 0.0306. The van der Waals surface area contributed by atoms with Crippen LogP contribution in [0.2, 0.25) is 0 Å². The van der Waals surface area contributed by atoms with Crippen LogP contribution in [-0.2, 0) is 72.0 Å². The molecule has 0 saturated carbocycles. The summed E-state index contributed by atoms with van der Waals surface area (Å²) in [7, 11) is 1.58. The van der Waals surface area contributed by atoms with Gasteiger partial charge in [0.15, 0.2) is 46.1 Å². The van der Waals surface area contributed by atoms with E-state index in [0.717, 1.165) is 28.7 Å². The van der Waals surface area contributed by atoms with Crippen molar-refractivity contribution >= 4 is 52.6 Å². The Bertz CT molecular complexity index is 5370. The second-order valence-corrected chi connectivity index (χ2v) is 24.5. The number of carbonyl (C=O) groups excluding carboxylic acids is 7. The molecule has 0 aliphatic carbocycles. The number of rotatable bonds is 29. The van der Waals surface area contributed by atoms with E-state index in [2.05, 4.69) is 43.4 Å². The van der Waals surface area contributed by atoms with E-state index in [-0.39, 0.29) is 77.6 Å². The number of aliphatic hydroxyl groups excluding tert-OH is 3. The van der Waals surface area contributed by atoms with Gasteiger partial charge in [-0.15, -0.1) is 6.42 Å². The molecule has 122 heavy (non-hydrogen) atoms. The van der Waals surface area contributed by atoms with Crippen LogP contribution in [0, 0.1) is 36.0 Å². The molecule has 13 rings (SSSR count). The minimum Gasteiger partial charge on any atom is -0.509 e. The summed E-state index contributed by atoms with van der Waals surface area (Å²) < 4.78 is 74.3. The molecule has 0 amide bonds. The molecule has 0 aliphatic rings. The van der Waals surface area contributed by atoms with Crippen LogP contribution in [0.5, 0.6) is 28.7 Å². The maximum Gasteiger partial charge on any atom is 0.270 e. The van der Waals surface area contributed by atoms with E-state index in [1.165, 1.54) is 52.0 Å². The Hall–Kier alpha value is -15.9. The Morgan fingerprint density at radius 1 is 0.369 bits per heavy atom. The molecule has 3 N–H and O–H groups in total. The first-order valence-corrected chi connectivity index (χ1v) is 37.0. The van der Waals surface area contributed by atoms with Crippen molar-refractivity contribution in [2.24, 2.45) is 0 Å². The van der Waals surface area contributed by atoms with Gasteiger partial charge in [-0.3, -0.25) is 33.6 Å². The minimum atomic E-state index is -0.462. The number of para-hydroxylation sites is 5. The van der Waals surface area contributed by atoms with Gasteiger partial charge in [0, 0.05) is 27.9 Å². The van der Waals surface area contributed by atoms with Crippen LogP contribution in [0.25, 0.3) is 12.2 Å². The van der Waals surface area contributed by atoms with Gasteiger partial charge >= 0.3 is 0 Å². The van der Waals surface area contributed by atoms with E-state index >= 15 is 0 Å². The van der Waals surface area contributed by atoms with Gasteiger partial charge in [-0.05, 0) is 231 Å². The number of ketones is 7. The van der Waals surface area contributed by atoms with E-state index in [0.29, 0.717) is 108 Å².